The minimum atomic E-state index is 0.671. The van der Waals surface area contributed by atoms with E-state index in [9.17, 15) is 0 Å². The quantitative estimate of drug-likeness (QED) is 0.452. The lowest BCUT2D eigenvalue weighted by atomic mass is 10.0. The van der Waals surface area contributed by atoms with E-state index in [0.717, 1.165) is 35.1 Å². The van der Waals surface area contributed by atoms with Crippen molar-refractivity contribution in [2.75, 3.05) is 7.05 Å². The van der Waals surface area contributed by atoms with Gasteiger partial charge in [0, 0.05) is 23.7 Å². The van der Waals surface area contributed by atoms with Crippen molar-refractivity contribution in [3.05, 3.63) is 82.6 Å². The highest BCUT2D eigenvalue weighted by molar-refractivity contribution is 7.09. The Bertz CT molecular complexity index is 992. The zero-order valence-corrected chi connectivity index (χ0v) is 16.2. The average Bonchev–Trinajstić information content (AvgIpc) is 3.33. The first-order valence-electron chi connectivity index (χ1n) is 8.88. The second-order valence-corrected chi connectivity index (χ2v) is 7.54. The highest BCUT2D eigenvalue weighted by Crippen LogP contribution is 2.26. The van der Waals surface area contributed by atoms with E-state index >= 15 is 0 Å². The Morgan fingerprint density at radius 2 is 1.63 bits per heavy atom. The molecule has 0 saturated heterocycles. The van der Waals surface area contributed by atoms with E-state index < -0.39 is 0 Å². The summed E-state index contributed by atoms with van der Waals surface area (Å²) in [5, 5.41) is 3.11. The number of hydrogen-bond acceptors (Lipinski definition) is 5. The molecule has 27 heavy (non-hydrogen) atoms. The Morgan fingerprint density at radius 1 is 0.926 bits per heavy atom. The van der Waals surface area contributed by atoms with Crippen molar-refractivity contribution < 1.29 is 4.42 Å². The highest BCUT2D eigenvalue weighted by Gasteiger charge is 2.14. The molecule has 0 unspecified atom stereocenters. The fourth-order valence-electron chi connectivity index (χ4n) is 3.01. The molecule has 4 aromatic rings. The molecule has 2 aromatic heterocycles. The standard InChI is InChI=1S/C22H21N3OS/c1-16-20(14-25(2)15-21-23-12-13-27-21)24-22(26-16)19-10-8-18(9-11-19)17-6-4-3-5-7-17/h3-13H,14-15H2,1-2H3. The summed E-state index contributed by atoms with van der Waals surface area (Å²) in [7, 11) is 2.07. The molecule has 0 aliphatic heterocycles. The van der Waals surface area contributed by atoms with E-state index in [4.69, 9.17) is 9.40 Å². The first kappa shape index (κ1) is 17.6. The first-order chi connectivity index (χ1) is 13.2. The molecule has 0 aliphatic carbocycles. The van der Waals surface area contributed by atoms with E-state index in [1.54, 1.807) is 11.3 Å². The molecule has 0 aliphatic rings. The van der Waals surface area contributed by atoms with Crippen molar-refractivity contribution in [2.24, 2.45) is 0 Å². The molecule has 4 rings (SSSR count). The molecule has 2 aromatic carbocycles. The second kappa shape index (κ2) is 7.86. The van der Waals surface area contributed by atoms with Crippen molar-refractivity contribution in [1.29, 1.82) is 0 Å². The number of rotatable bonds is 6. The fourth-order valence-corrected chi connectivity index (χ4v) is 3.70. The van der Waals surface area contributed by atoms with Crippen molar-refractivity contribution >= 4 is 11.3 Å². The molecule has 0 fully saturated rings. The van der Waals surface area contributed by atoms with E-state index in [-0.39, 0.29) is 0 Å². The third kappa shape index (κ3) is 4.15. The van der Waals surface area contributed by atoms with Gasteiger partial charge in [-0.15, -0.1) is 11.3 Å². The molecule has 136 valence electrons. The van der Waals surface area contributed by atoms with E-state index in [2.05, 4.69) is 65.5 Å². The molecule has 0 saturated carbocycles. The van der Waals surface area contributed by atoms with Crippen LogP contribution in [-0.2, 0) is 13.1 Å². The largest absolute Gasteiger partial charge is 0.441 e. The summed E-state index contributed by atoms with van der Waals surface area (Å²) in [4.78, 5) is 11.3. The number of benzene rings is 2. The summed E-state index contributed by atoms with van der Waals surface area (Å²) in [5.41, 5.74) is 4.35. The Balaban J connectivity index is 1.49. The number of aromatic nitrogens is 2. The van der Waals surface area contributed by atoms with Crippen LogP contribution in [-0.4, -0.2) is 21.9 Å². The molecular formula is C22H21N3OS. The molecule has 5 heteroatoms. The van der Waals surface area contributed by atoms with Crippen LogP contribution in [0.3, 0.4) is 0 Å². The van der Waals surface area contributed by atoms with Gasteiger partial charge in [-0.05, 0) is 37.2 Å². The minimum absolute atomic E-state index is 0.671. The summed E-state index contributed by atoms with van der Waals surface area (Å²) in [5.74, 6) is 1.54. The molecule has 0 N–H and O–H groups in total. The maximum atomic E-state index is 5.93. The van der Waals surface area contributed by atoms with Crippen LogP contribution < -0.4 is 0 Å². The van der Waals surface area contributed by atoms with Gasteiger partial charge >= 0.3 is 0 Å². The van der Waals surface area contributed by atoms with Crippen LogP contribution in [0.4, 0.5) is 0 Å². The zero-order valence-electron chi connectivity index (χ0n) is 15.4. The van der Waals surface area contributed by atoms with Crippen molar-refractivity contribution in [2.45, 2.75) is 20.0 Å². The number of thiazole rings is 1. The number of hydrogen-bond donors (Lipinski definition) is 0. The summed E-state index contributed by atoms with van der Waals surface area (Å²) in [6.45, 7) is 3.52. The fraction of sp³-hybridized carbons (Fsp3) is 0.182. The van der Waals surface area contributed by atoms with Gasteiger partial charge in [0.1, 0.15) is 10.8 Å². The van der Waals surface area contributed by atoms with Crippen LogP contribution >= 0.6 is 11.3 Å². The smallest absolute Gasteiger partial charge is 0.226 e. The third-order valence-corrected chi connectivity index (χ3v) is 5.20. The second-order valence-electron chi connectivity index (χ2n) is 6.56. The Labute approximate surface area is 163 Å². The molecule has 0 radical (unpaired) electrons. The number of nitrogens with zero attached hydrogens (tertiary/aromatic N) is 3. The maximum absolute atomic E-state index is 5.93. The third-order valence-electron chi connectivity index (χ3n) is 4.44. The van der Waals surface area contributed by atoms with Gasteiger partial charge in [-0.2, -0.15) is 0 Å². The van der Waals surface area contributed by atoms with Crippen LogP contribution in [0.15, 0.2) is 70.6 Å². The first-order valence-corrected chi connectivity index (χ1v) is 9.76. The van der Waals surface area contributed by atoms with Crippen molar-refractivity contribution in [3.8, 4) is 22.6 Å². The maximum Gasteiger partial charge on any atom is 0.226 e. The lowest BCUT2D eigenvalue weighted by molar-refractivity contribution is 0.313. The minimum Gasteiger partial charge on any atom is -0.441 e. The Kier molecular flexibility index (Phi) is 5.14. The van der Waals surface area contributed by atoms with E-state index in [0.29, 0.717) is 5.89 Å². The summed E-state index contributed by atoms with van der Waals surface area (Å²) >= 11 is 1.67. The summed E-state index contributed by atoms with van der Waals surface area (Å²) < 4.78 is 5.93. The molecule has 4 nitrogen and oxygen atoms in total. The topological polar surface area (TPSA) is 42.2 Å². The van der Waals surface area contributed by atoms with Gasteiger partial charge in [0.15, 0.2) is 0 Å². The molecule has 2 heterocycles. The number of aryl methyl sites for hydroxylation is 1. The van der Waals surface area contributed by atoms with Crippen molar-refractivity contribution in [1.82, 2.24) is 14.9 Å². The predicted molar refractivity (Wildman–Crippen MR) is 109 cm³/mol. The zero-order chi connectivity index (χ0) is 18.6. The SMILES string of the molecule is Cc1oc(-c2ccc(-c3ccccc3)cc2)nc1CN(C)Cc1nccs1. The Hall–Kier alpha value is -2.76. The van der Waals surface area contributed by atoms with Crippen LogP contribution in [0.2, 0.25) is 0 Å². The lowest BCUT2D eigenvalue weighted by Crippen LogP contribution is -2.17. The van der Waals surface area contributed by atoms with Gasteiger partial charge in [0.2, 0.25) is 5.89 Å². The average molecular weight is 375 g/mol. The highest BCUT2D eigenvalue weighted by atomic mass is 32.1. The van der Waals surface area contributed by atoms with Crippen molar-refractivity contribution in [3.63, 3.8) is 0 Å². The van der Waals surface area contributed by atoms with E-state index in [1.807, 2.05) is 24.6 Å². The van der Waals surface area contributed by atoms with Crippen LogP contribution in [0.1, 0.15) is 16.5 Å². The Morgan fingerprint density at radius 3 is 2.33 bits per heavy atom. The van der Waals surface area contributed by atoms with Crippen LogP contribution in [0, 0.1) is 6.92 Å². The van der Waals surface area contributed by atoms with Gasteiger partial charge in [-0.25, -0.2) is 9.97 Å². The lowest BCUT2D eigenvalue weighted by Gasteiger charge is -2.13. The molecule has 0 atom stereocenters. The molecule has 0 spiro atoms. The van der Waals surface area contributed by atoms with Gasteiger partial charge in [0.05, 0.1) is 12.2 Å². The van der Waals surface area contributed by atoms with Crippen LogP contribution in [0.25, 0.3) is 22.6 Å². The van der Waals surface area contributed by atoms with Gasteiger partial charge in [-0.3, -0.25) is 4.90 Å². The van der Waals surface area contributed by atoms with E-state index in [1.165, 1.54) is 11.1 Å². The summed E-state index contributed by atoms with van der Waals surface area (Å²) in [6.07, 6.45) is 1.84. The summed E-state index contributed by atoms with van der Waals surface area (Å²) in [6, 6.07) is 18.7. The molecular weight excluding hydrogens is 354 g/mol. The predicted octanol–water partition coefficient (Wildman–Crippen LogP) is 5.41. The van der Waals surface area contributed by atoms with Gasteiger partial charge < -0.3 is 4.42 Å². The van der Waals surface area contributed by atoms with Gasteiger partial charge in [-0.1, -0.05) is 42.5 Å². The monoisotopic (exact) mass is 375 g/mol. The molecule has 0 amide bonds. The number of oxazole rings is 1. The molecule has 0 bridgehead atoms. The van der Waals surface area contributed by atoms with Gasteiger partial charge in [0.25, 0.3) is 0 Å². The normalized spacial score (nSPS) is 11.2. The van der Waals surface area contributed by atoms with Crippen LogP contribution in [0.5, 0.6) is 0 Å².